The van der Waals surface area contributed by atoms with Gasteiger partial charge in [0.2, 0.25) is 0 Å². The molecule has 1 aliphatic rings. The smallest absolute Gasteiger partial charge is 0.404 e. The third-order valence-electron chi connectivity index (χ3n) is 7.15. The molecular formula is C32H55NO6. The van der Waals surface area contributed by atoms with Gasteiger partial charge in [0.15, 0.2) is 0 Å². The molecule has 224 valence electrons. The number of allylic oxidation sites excluding steroid dienone is 5. The Labute approximate surface area is 237 Å². The molecule has 0 radical (unpaired) electrons. The molecule has 1 aliphatic heterocycles. The number of hydrogen-bond donors (Lipinski definition) is 3. The fourth-order valence-corrected chi connectivity index (χ4v) is 4.69. The van der Waals surface area contributed by atoms with Gasteiger partial charge in [-0.1, -0.05) is 90.2 Å². The van der Waals surface area contributed by atoms with Gasteiger partial charge in [-0.3, -0.25) is 4.79 Å². The van der Waals surface area contributed by atoms with Crippen LogP contribution in [0, 0.1) is 23.7 Å². The topological polar surface area (TPSA) is 119 Å². The molecule has 0 saturated carbocycles. The molecule has 0 aliphatic carbocycles. The predicted molar refractivity (Wildman–Crippen MR) is 159 cm³/mol. The first-order valence-corrected chi connectivity index (χ1v) is 14.6. The maximum atomic E-state index is 11.7. The largest absolute Gasteiger partial charge is 0.462 e. The minimum Gasteiger partial charge on any atom is -0.462 e. The molecule has 4 N–H and O–H groups in total. The molecule has 8 atom stereocenters. The number of nitrogens with two attached hydrogens (primary N) is 1. The molecule has 8 unspecified atom stereocenters. The Morgan fingerprint density at radius 3 is 2.46 bits per heavy atom. The van der Waals surface area contributed by atoms with Gasteiger partial charge in [-0.25, -0.2) is 4.79 Å². The first-order valence-electron chi connectivity index (χ1n) is 14.6. The molecule has 1 heterocycles. The number of aliphatic hydroxyl groups excluding tert-OH is 2. The lowest BCUT2D eigenvalue weighted by Gasteiger charge is -2.30. The number of primary amides is 1. The predicted octanol–water partition coefficient (Wildman–Crippen LogP) is 6.64. The third kappa shape index (κ3) is 15.7. The summed E-state index contributed by atoms with van der Waals surface area (Å²) in [6.45, 7) is 17.6. The Kier molecular flexibility index (Phi) is 19.3. The first kappa shape index (κ1) is 36.6. The lowest BCUT2D eigenvalue weighted by atomic mass is 9.84. The summed E-state index contributed by atoms with van der Waals surface area (Å²) in [5.41, 5.74) is 6.42. The van der Waals surface area contributed by atoms with E-state index in [1.54, 1.807) is 12.2 Å². The zero-order chi connectivity index (χ0) is 30.0. The number of cyclic esters (lactones) is 1. The molecule has 0 spiro atoms. The molecule has 1 fully saturated rings. The van der Waals surface area contributed by atoms with Gasteiger partial charge in [-0.05, 0) is 50.9 Å². The second-order valence-electron chi connectivity index (χ2n) is 10.7. The molecule has 0 aromatic rings. The van der Waals surface area contributed by atoms with Gasteiger partial charge in [0.1, 0.15) is 12.2 Å². The molecule has 1 rings (SSSR count). The maximum Gasteiger partial charge on any atom is 0.404 e. The van der Waals surface area contributed by atoms with Crippen LogP contribution >= 0.6 is 0 Å². The van der Waals surface area contributed by atoms with E-state index in [1.165, 1.54) is 5.57 Å². The normalized spacial score (nSPS) is 22.7. The van der Waals surface area contributed by atoms with Gasteiger partial charge < -0.3 is 25.4 Å². The zero-order valence-corrected chi connectivity index (χ0v) is 25.3. The summed E-state index contributed by atoms with van der Waals surface area (Å²) in [5, 5.41) is 21.2. The Bertz CT molecular complexity index is 804. The van der Waals surface area contributed by atoms with Gasteiger partial charge in [-0.15, -0.1) is 0 Å². The van der Waals surface area contributed by atoms with Crippen LogP contribution in [0.15, 0.2) is 48.6 Å². The summed E-state index contributed by atoms with van der Waals surface area (Å²) in [6, 6.07) is 0. The highest BCUT2D eigenvalue weighted by Gasteiger charge is 2.30. The minimum atomic E-state index is -0.845. The molecule has 7 heteroatoms. The van der Waals surface area contributed by atoms with Crippen LogP contribution in [0.1, 0.15) is 93.4 Å². The second-order valence-corrected chi connectivity index (χ2v) is 10.7. The number of amides is 1. The minimum absolute atomic E-state index is 0.0158. The van der Waals surface area contributed by atoms with Gasteiger partial charge in [0, 0.05) is 18.8 Å². The summed E-state index contributed by atoms with van der Waals surface area (Å²) >= 11 is 0. The van der Waals surface area contributed by atoms with Crippen molar-refractivity contribution in [3.63, 3.8) is 0 Å². The Hall–Kier alpha value is -2.38. The highest BCUT2D eigenvalue weighted by Crippen LogP contribution is 2.26. The number of esters is 1. The van der Waals surface area contributed by atoms with Crippen LogP contribution < -0.4 is 5.73 Å². The van der Waals surface area contributed by atoms with E-state index in [4.69, 9.17) is 15.2 Å². The molecule has 0 aromatic heterocycles. The van der Waals surface area contributed by atoms with Gasteiger partial charge >= 0.3 is 12.1 Å². The van der Waals surface area contributed by atoms with Crippen molar-refractivity contribution in [2.75, 3.05) is 0 Å². The van der Waals surface area contributed by atoms with Crippen molar-refractivity contribution in [3.8, 4) is 0 Å². The quantitative estimate of drug-likeness (QED) is 0.113. The van der Waals surface area contributed by atoms with Crippen LogP contribution in [0.4, 0.5) is 4.79 Å². The standard InChI is InChI=1S/C30H49NO6.C2H6/c1-7-8-9-13-27(37-30(31)35)24(6)28(33)23(5)18-21(3)12-10-11-20(2)14-16-25(32)19-26-17-15-22(4)29(34)36-26;1-2/h7-9,12,14,16,20,22-28,32-33H,1,10-11,13,15,17-19H2,2-6H3,(H2,31,35);1-2H3/b9-8-,16-14-,21-12-;. The average molecular weight is 550 g/mol. The summed E-state index contributed by atoms with van der Waals surface area (Å²) in [7, 11) is 0. The van der Waals surface area contributed by atoms with E-state index in [0.717, 1.165) is 32.1 Å². The van der Waals surface area contributed by atoms with E-state index in [1.807, 2.05) is 52.8 Å². The lowest BCUT2D eigenvalue weighted by molar-refractivity contribution is -0.160. The van der Waals surface area contributed by atoms with E-state index < -0.39 is 24.4 Å². The molecule has 39 heavy (non-hydrogen) atoms. The first-order chi connectivity index (χ1) is 18.4. The summed E-state index contributed by atoms with van der Waals surface area (Å²) in [5.74, 6) is -0.211. The summed E-state index contributed by atoms with van der Waals surface area (Å²) in [4.78, 5) is 23.0. The molecular weight excluding hydrogens is 494 g/mol. The van der Waals surface area contributed by atoms with Gasteiger partial charge in [0.25, 0.3) is 0 Å². The van der Waals surface area contributed by atoms with Crippen LogP contribution in [0.3, 0.4) is 0 Å². The van der Waals surface area contributed by atoms with Crippen molar-refractivity contribution in [3.05, 3.63) is 48.6 Å². The average Bonchev–Trinajstić information content (AvgIpc) is 2.89. The molecule has 1 saturated heterocycles. The second kappa shape index (κ2) is 20.5. The lowest BCUT2D eigenvalue weighted by Crippen LogP contribution is -2.37. The maximum absolute atomic E-state index is 11.7. The molecule has 1 amide bonds. The van der Waals surface area contributed by atoms with Crippen LogP contribution in [0.5, 0.6) is 0 Å². The van der Waals surface area contributed by atoms with Crippen LogP contribution in [0.25, 0.3) is 0 Å². The third-order valence-corrected chi connectivity index (χ3v) is 7.15. The van der Waals surface area contributed by atoms with Crippen molar-refractivity contribution in [1.82, 2.24) is 0 Å². The number of carbonyl (C=O) groups excluding carboxylic acids is 2. The number of rotatable bonds is 16. The van der Waals surface area contributed by atoms with Crippen molar-refractivity contribution in [1.29, 1.82) is 0 Å². The SMILES string of the molecule is C=C/C=C\CC(OC(N)=O)C(C)C(O)C(C)C/C(C)=C\CCC(C)/C=C\C(O)CC1CCC(C)C(=O)O1.CC. The van der Waals surface area contributed by atoms with E-state index in [2.05, 4.69) is 26.5 Å². The highest BCUT2D eigenvalue weighted by atomic mass is 16.6. The highest BCUT2D eigenvalue weighted by molar-refractivity contribution is 5.72. The van der Waals surface area contributed by atoms with E-state index in [0.29, 0.717) is 18.8 Å². The summed E-state index contributed by atoms with van der Waals surface area (Å²) < 4.78 is 10.6. The Morgan fingerprint density at radius 2 is 1.87 bits per heavy atom. The molecule has 7 nitrogen and oxygen atoms in total. The van der Waals surface area contributed by atoms with Crippen molar-refractivity contribution in [2.45, 2.75) is 118 Å². The van der Waals surface area contributed by atoms with Gasteiger partial charge in [-0.2, -0.15) is 0 Å². The Balaban J connectivity index is 0.00000704. The van der Waals surface area contributed by atoms with Crippen molar-refractivity contribution >= 4 is 12.1 Å². The number of hydrogen-bond acceptors (Lipinski definition) is 6. The number of aliphatic hydroxyl groups is 2. The molecule has 0 bridgehead atoms. The van der Waals surface area contributed by atoms with Crippen LogP contribution in [0.2, 0.25) is 0 Å². The zero-order valence-electron chi connectivity index (χ0n) is 25.3. The fourth-order valence-electron chi connectivity index (χ4n) is 4.69. The van der Waals surface area contributed by atoms with Crippen molar-refractivity contribution in [2.24, 2.45) is 29.4 Å². The van der Waals surface area contributed by atoms with E-state index >= 15 is 0 Å². The monoisotopic (exact) mass is 549 g/mol. The number of ether oxygens (including phenoxy) is 2. The summed E-state index contributed by atoms with van der Waals surface area (Å²) in [6.07, 6.45) is 13.5. The number of carbonyl (C=O) groups is 2. The fraction of sp³-hybridized carbons (Fsp3) is 0.688. The van der Waals surface area contributed by atoms with Gasteiger partial charge in [0.05, 0.1) is 18.1 Å². The van der Waals surface area contributed by atoms with E-state index in [-0.39, 0.29) is 29.8 Å². The van der Waals surface area contributed by atoms with E-state index in [9.17, 15) is 19.8 Å². The van der Waals surface area contributed by atoms with Crippen LogP contribution in [-0.2, 0) is 14.3 Å². The molecule has 0 aromatic carbocycles. The Morgan fingerprint density at radius 1 is 1.21 bits per heavy atom. The van der Waals surface area contributed by atoms with Crippen molar-refractivity contribution < 1.29 is 29.3 Å². The van der Waals surface area contributed by atoms with Crippen LogP contribution in [-0.4, -0.2) is 46.7 Å².